The Balaban J connectivity index is 1.59. The van der Waals surface area contributed by atoms with Crippen LogP contribution in [0.5, 0.6) is 17.2 Å². The fraction of sp³-hybridized carbons (Fsp3) is 0.350. The van der Waals surface area contributed by atoms with Crippen molar-refractivity contribution < 1.29 is 41.0 Å². The number of hydrogen-bond donors (Lipinski definition) is 0. The standard InChI is InChI=1S/C20H16F5NO4/c21-18(22)29-16-6-1-12(15-10-19(30-26-15)7-8-27-11-19)9-17(16)28-14-4-2-13(3-5-14)20(23,24)25/h1-6,9,18H,7-8,10-11H2. The summed E-state index contributed by atoms with van der Waals surface area (Å²) in [7, 11) is 0. The first kappa shape index (κ1) is 20.4. The molecule has 30 heavy (non-hydrogen) atoms. The molecule has 2 heterocycles. The number of hydrogen-bond acceptors (Lipinski definition) is 5. The Morgan fingerprint density at radius 2 is 1.80 bits per heavy atom. The highest BCUT2D eigenvalue weighted by molar-refractivity contribution is 6.02. The number of alkyl halides is 5. The van der Waals surface area contributed by atoms with Crippen LogP contribution in [0.15, 0.2) is 47.6 Å². The minimum absolute atomic E-state index is 0.0320. The van der Waals surface area contributed by atoms with Crippen molar-refractivity contribution in [2.24, 2.45) is 5.16 Å². The number of benzene rings is 2. The van der Waals surface area contributed by atoms with Gasteiger partial charge in [-0.3, -0.25) is 0 Å². The second-order valence-electron chi connectivity index (χ2n) is 6.96. The SMILES string of the molecule is FC(F)Oc1ccc(C2=NOC3(CCOC3)C2)cc1Oc1ccc(C(F)(F)F)cc1. The molecule has 0 amide bonds. The van der Waals surface area contributed by atoms with E-state index in [9.17, 15) is 22.0 Å². The van der Waals surface area contributed by atoms with Crippen molar-refractivity contribution >= 4 is 5.71 Å². The molecular formula is C20H16F5NO4. The van der Waals surface area contributed by atoms with Gasteiger partial charge in [0.2, 0.25) is 0 Å². The van der Waals surface area contributed by atoms with Crippen molar-refractivity contribution in [3.63, 3.8) is 0 Å². The van der Waals surface area contributed by atoms with Gasteiger partial charge in [-0.25, -0.2) is 0 Å². The Labute approximate surface area is 168 Å². The summed E-state index contributed by atoms with van der Waals surface area (Å²) in [5, 5.41) is 4.09. The van der Waals surface area contributed by atoms with Gasteiger partial charge in [0.05, 0.1) is 24.5 Å². The Hall–Kier alpha value is -2.88. The zero-order valence-electron chi connectivity index (χ0n) is 15.4. The van der Waals surface area contributed by atoms with Gasteiger partial charge in [-0.15, -0.1) is 0 Å². The van der Waals surface area contributed by atoms with E-state index in [1.807, 2.05) is 0 Å². The molecule has 0 bridgehead atoms. The van der Waals surface area contributed by atoms with Crippen LogP contribution in [0.25, 0.3) is 0 Å². The maximum atomic E-state index is 12.8. The molecule has 0 radical (unpaired) electrons. The van der Waals surface area contributed by atoms with Crippen LogP contribution in [-0.2, 0) is 15.8 Å². The van der Waals surface area contributed by atoms with Gasteiger partial charge in [0, 0.05) is 18.4 Å². The predicted octanol–water partition coefficient (Wildman–Crippen LogP) is 5.38. The molecular weight excluding hydrogens is 413 g/mol. The van der Waals surface area contributed by atoms with E-state index in [2.05, 4.69) is 9.89 Å². The monoisotopic (exact) mass is 429 g/mol. The topological polar surface area (TPSA) is 49.3 Å². The second kappa shape index (κ2) is 7.75. The lowest BCUT2D eigenvalue weighted by molar-refractivity contribution is -0.137. The molecule has 1 saturated heterocycles. The van der Waals surface area contributed by atoms with E-state index in [-0.39, 0.29) is 17.2 Å². The molecule has 2 aromatic rings. The number of nitrogens with zero attached hydrogens (tertiary/aromatic N) is 1. The molecule has 0 aromatic heterocycles. The van der Waals surface area contributed by atoms with E-state index in [0.29, 0.717) is 37.3 Å². The quantitative estimate of drug-likeness (QED) is 0.599. The molecule has 10 heteroatoms. The molecule has 1 fully saturated rings. The highest BCUT2D eigenvalue weighted by Gasteiger charge is 2.43. The van der Waals surface area contributed by atoms with Crippen LogP contribution >= 0.6 is 0 Å². The van der Waals surface area contributed by atoms with E-state index in [4.69, 9.17) is 14.3 Å². The Bertz CT molecular complexity index is 937. The summed E-state index contributed by atoms with van der Waals surface area (Å²) in [5.41, 5.74) is -0.236. The fourth-order valence-corrected chi connectivity index (χ4v) is 3.28. The first-order valence-corrected chi connectivity index (χ1v) is 9.01. The Morgan fingerprint density at radius 1 is 1.03 bits per heavy atom. The molecule has 2 aliphatic heterocycles. The fourth-order valence-electron chi connectivity index (χ4n) is 3.28. The van der Waals surface area contributed by atoms with Crippen molar-refractivity contribution in [3.05, 3.63) is 53.6 Å². The normalized spacial score (nSPS) is 21.1. The first-order chi connectivity index (χ1) is 14.2. The smallest absolute Gasteiger partial charge is 0.416 e. The number of halogens is 5. The van der Waals surface area contributed by atoms with Crippen molar-refractivity contribution in [1.82, 2.24) is 0 Å². The lowest BCUT2D eigenvalue weighted by Crippen LogP contribution is -2.29. The van der Waals surface area contributed by atoms with E-state index in [1.165, 1.54) is 18.2 Å². The summed E-state index contributed by atoms with van der Waals surface area (Å²) < 4.78 is 79.1. The van der Waals surface area contributed by atoms with Gasteiger partial charge in [-0.05, 0) is 42.5 Å². The van der Waals surface area contributed by atoms with Crippen molar-refractivity contribution in [1.29, 1.82) is 0 Å². The Morgan fingerprint density at radius 3 is 2.43 bits per heavy atom. The molecule has 5 nitrogen and oxygen atoms in total. The molecule has 2 aliphatic rings. The maximum Gasteiger partial charge on any atom is 0.416 e. The molecule has 160 valence electrons. The zero-order valence-corrected chi connectivity index (χ0v) is 15.4. The van der Waals surface area contributed by atoms with Crippen molar-refractivity contribution in [3.8, 4) is 17.2 Å². The molecule has 0 saturated carbocycles. The van der Waals surface area contributed by atoms with E-state index >= 15 is 0 Å². The average Bonchev–Trinajstić information content (AvgIpc) is 3.32. The van der Waals surface area contributed by atoms with Gasteiger partial charge in [0.1, 0.15) is 5.75 Å². The van der Waals surface area contributed by atoms with E-state index in [1.54, 1.807) is 0 Å². The summed E-state index contributed by atoms with van der Waals surface area (Å²) in [6.07, 6.45) is -3.34. The van der Waals surface area contributed by atoms with Gasteiger partial charge < -0.3 is 19.0 Å². The van der Waals surface area contributed by atoms with Crippen LogP contribution < -0.4 is 9.47 Å². The summed E-state index contributed by atoms with van der Waals surface area (Å²) in [6.45, 7) is -2.13. The van der Waals surface area contributed by atoms with Crippen molar-refractivity contribution in [2.75, 3.05) is 13.2 Å². The van der Waals surface area contributed by atoms with E-state index < -0.39 is 24.0 Å². The Kier molecular flexibility index (Phi) is 5.27. The molecule has 4 rings (SSSR count). The molecule has 0 aliphatic carbocycles. The van der Waals surface area contributed by atoms with Crippen LogP contribution in [0.2, 0.25) is 0 Å². The van der Waals surface area contributed by atoms with E-state index in [0.717, 1.165) is 24.3 Å². The highest BCUT2D eigenvalue weighted by atomic mass is 19.4. The van der Waals surface area contributed by atoms with Crippen LogP contribution in [0.3, 0.4) is 0 Å². The summed E-state index contributed by atoms with van der Waals surface area (Å²) in [5.74, 6) is -0.310. The average molecular weight is 429 g/mol. The first-order valence-electron chi connectivity index (χ1n) is 9.01. The van der Waals surface area contributed by atoms with Gasteiger partial charge in [-0.2, -0.15) is 22.0 Å². The third-order valence-electron chi connectivity index (χ3n) is 4.81. The summed E-state index contributed by atoms with van der Waals surface area (Å²) in [4.78, 5) is 5.53. The number of rotatable bonds is 5. The van der Waals surface area contributed by atoms with Gasteiger partial charge in [0.25, 0.3) is 0 Å². The van der Waals surface area contributed by atoms with Gasteiger partial charge in [-0.1, -0.05) is 5.16 Å². The third kappa shape index (κ3) is 4.33. The molecule has 1 unspecified atom stereocenters. The van der Waals surface area contributed by atoms with Gasteiger partial charge in [0.15, 0.2) is 17.1 Å². The third-order valence-corrected chi connectivity index (χ3v) is 4.81. The lowest BCUT2D eigenvalue weighted by Gasteiger charge is -2.17. The van der Waals surface area contributed by atoms with Crippen LogP contribution in [0.1, 0.15) is 24.0 Å². The van der Waals surface area contributed by atoms with Crippen molar-refractivity contribution in [2.45, 2.75) is 31.2 Å². The molecule has 1 atom stereocenters. The predicted molar refractivity (Wildman–Crippen MR) is 95.0 cm³/mol. The maximum absolute atomic E-state index is 12.8. The zero-order chi connectivity index (χ0) is 21.4. The number of oxime groups is 1. The molecule has 1 spiro atoms. The largest absolute Gasteiger partial charge is 0.453 e. The summed E-state index contributed by atoms with van der Waals surface area (Å²) >= 11 is 0. The minimum Gasteiger partial charge on any atom is -0.453 e. The second-order valence-corrected chi connectivity index (χ2v) is 6.96. The lowest BCUT2D eigenvalue weighted by atomic mass is 9.93. The molecule has 0 N–H and O–H groups in total. The number of ether oxygens (including phenoxy) is 3. The van der Waals surface area contributed by atoms with Crippen LogP contribution in [0.4, 0.5) is 22.0 Å². The summed E-state index contributed by atoms with van der Waals surface area (Å²) in [6, 6.07) is 8.14. The molecule has 2 aromatic carbocycles. The van der Waals surface area contributed by atoms with Gasteiger partial charge >= 0.3 is 12.8 Å². The minimum atomic E-state index is -4.50. The van der Waals surface area contributed by atoms with Crippen LogP contribution in [-0.4, -0.2) is 31.1 Å². The highest BCUT2D eigenvalue weighted by Crippen LogP contribution is 2.38. The van der Waals surface area contributed by atoms with Crippen LogP contribution in [0, 0.1) is 0 Å².